The van der Waals surface area contributed by atoms with Crippen molar-refractivity contribution in [2.24, 2.45) is 5.41 Å². The Bertz CT molecular complexity index is 459. The molecule has 1 aromatic carbocycles. The number of rotatable bonds is 3. The fraction of sp³-hybridized carbons (Fsp3) is 0.500. The van der Waals surface area contributed by atoms with Gasteiger partial charge in [0.1, 0.15) is 0 Å². The molecule has 0 aliphatic carbocycles. The monoisotopic (exact) mass is 307 g/mol. The molecule has 1 aliphatic heterocycles. The number of hydrogen-bond acceptors (Lipinski definition) is 3. The van der Waals surface area contributed by atoms with E-state index in [0.29, 0.717) is 11.0 Å². The van der Waals surface area contributed by atoms with Crippen LogP contribution in [0.2, 0.25) is 0 Å². The van der Waals surface area contributed by atoms with Crippen LogP contribution in [0.4, 0.5) is 5.69 Å². The van der Waals surface area contributed by atoms with Crippen LogP contribution < -0.4 is 10.6 Å². The number of nitrogens with one attached hydrogen (secondary N) is 2. The highest BCUT2D eigenvalue weighted by Gasteiger charge is 2.26. The van der Waals surface area contributed by atoms with Gasteiger partial charge in [0, 0.05) is 23.2 Å². The second-order valence-corrected chi connectivity index (χ2v) is 6.11. The standard InChI is InChI=1S/C14H18BrN3/c1-14(5-2-6-17-9-14)10-18-13-4-3-11(8-16)7-12(13)15/h3-4,7,17-18H,2,5-6,9-10H2,1H3. The molecular weight excluding hydrogens is 290 g/mol. The summed E-state index contributed by atoms with van der Waals surface area (Å²) in [4.78, 5) is 0. The van der Waals surface area contributed by atoms with E-state index in [1.807, 2.05) is 18.2 Å². The average molecular weight is 308 g/mol. The molecule has 0 bridgehead atoms. The molecule has 18 heavy (non-hydrogen) atoms. The first-order valence-electron chi connectivity index (χ1n) is 6.27. The van der Waals surface area contributed by atoms with Crippen LogP contribution in [0.5, 0.6) is 0 Å². The minimum atomic E-state index is 0.311. The third-order valence-corrected chi connectivity index (χ3v) is 4.15. The van der Waals surface area contributed by atoms with Crippen LogP contribution in [-0.2, 0) is 0 Å². The molecule has 96 valence electrons. The summed E-state index contributed by atoms with van der Waals surface area (Å²) in [6.07, 6.45) is 2.49. The van der Waals surface area contributed by atoms with Gasteiger partial charge in [-0.1, -0.05) is 6.92 Å². The molecule has 0 aromatic heterocycles. The predicted molar refractivity (Wildman–Crippen MR) is 77.6 cm³/mol. The molecule has 1 unspecified atom stereocenters. The molecule has 1 fully saturated rings. The van der Waals surface area contributed by atoms with Gasteiger partial charge in [-0.2, -0.15) is 5.26 Å². The highest BCUT2D eigenvalue weighted by Crippen LogP contribution is 2.28. The van der Waals surface area contributed by atoms with Gasteiger partial charge >= 0.3 is 0 Å². The topological polar surface area (TPSA) is 47.9 Å². The van der Waals surface area contributed by atoms with Crippen molar-refractivity contribution < 1.29 is 0 Å². The van der Waals surface area contributed by atoms with Gasteiger partial charge in [-0.25, -0.2) is 0 Å². The van der Waals surface area contributed by atoms with E-state index in [0.717, 1.165) is 29.8 Å². The van der Waals surface area contributed by atoms with Crippen LogP contribution in [0, 0.1) is 16.7 Å². The van der Waals surface area contributed by atoms with E-state index in [1.54, 1.807) is 0 Å². The third kappa shape index (κ3) is 3.24. The van der Waals surface area contributed by atoms with Crippen molar-refractivity contribution in [1.82, 2.24) is 5.32 Å². The Morgan fingerprint density at radius 2 is 2.39 bits per heavy atom. The lowest BCUT2D eigenvalue weighted by atomic mass is 9.83. The van der Waals surface area contributed by atoms with E-state index in [2.05, 4.69) is 39.6 Å². The highest BCUT2D eigenvalue weighted by molar-refractivity contribution is 9.10. The molecule has 4 heteroatoms. The number of piperidine rings is 1. The van der Waals surface area contributed by atoms with Crippen molar-refractivity contribution in [3.05, 3.63) is 28.2 Å². The molecule has 0 spiro atoms. The Hall–Kier alpha value is -1.05. The quantitative estimate of drug-likeness (QED) is 0.902. The first-order valence-corrected chi connectivity index (χ1v) is 7.06. The van der Waals surface area contributed by atoms with Crippen LogP contribution in [0.3, 0.4) is 0 Å². The molecule has 1 aromatic rings. The summed E-state index contributed by atoms with van der Waals surface area (Å²) in [5.41, 5.74) is 2.05. The third-order valence-electron chi connectivity index (χ3n) is 3.49. The van der Waals surface area contributed by atoms with Crippen LogP contribution >= 0.6 is 15.9 Å². The fourth-order valence-corrected chi connectivity index (χ4v) is 2.83. The summed E-state index contributed by atoms with van der Waals surface area (Å²) in [7, 11) is 0. The van der Waals surface area contributed by atoms with E-state index in [4.69, 9.17) is 5.26 Å². The van der Waals surface area contributed by atoms with Crippen LogP contribution in [0.1, 0.15) is 25.3 Å². The van der Waals surface area contributed by atoms with Gasteiger partial charge in [-0.15, -0.1) is 0 Å². The lowest BCUT2D eigenvalue weighted by Crippen LogP contribution is -2.42. The SMILES string of the molecule is CC1(CNc2ccc(C#N)cc2Br)CCCNC1. The summed E-state index contributed by atoms with van der Waals surface area (Å²) >= 11 is 3.50. The summed E-state index contributed by atoms with van der Waals surface area (Å²) in [5, 5.41) is 15.8. The number of nitrogens with zero attached hydrogens (tertiary/aromatic N) is 1. The van der Waals surface area contributed by atoms with Gasteiger partial charge in [-0.3, -0.25) is 0 Å². The van der Waals surface area contributed by atoms with E-state index < -0.39 is 0 Å². The smallest absolute Gasteiger partial charge is 0.0992 e. The molecule has 1 heterocycles. The zero-order valence-electron chi connectivity index (χ0n) is 10.6. The summed E-state index contributed by atoms with van der Waals surface area (Å²) in [5.74, 6) is 0. The zero-order valence-corrected chi connectivity index (χ0v) is 12.2. The minimum Gasteiger partial charge on any atom is -0.384 e. The summed E-state index contributed by atoms with van der Waals surface area (Å²) in [6.45, 7) is 5.46. The first-order chi connectivity index (χ1) is 8.63. The van der Waals surface area contributed by atoms with Gasteiger partial charge in [-0.05, 0) is 58.9 Å². The molecule has 1 saturated heterocycles. The number of halogens is 1. The van der Waals surface area contributed by atoms with Crippen molar-refractivity contribution in [2.45, 2.75) is 19.8 Å². The minimum absolute atomic E-state index is 0.311. The summed E-state index contributed by atoms with van der Waals surface area (Å²) in [6, 6.07) is 7.79. The molecular formula is C14H18BrN3. The Morgan fingerprint density at radius 1 is 1.56 bits per heavy atom. The van der Waals surface area contributed by atoms with Crippen LogP contribution in [0.25, 0.3) is 0 Å². The largest absolute Gasteiger partial charge is 0.384 e. The molecule has 1 aliphatic rings. The number of nitriles is 1. The fourth-order valence-electron chi connectivity index (χ4n) is 2.31. The first kappa shape index (κ1) is 13.4. The Morgan fingerprint density at radius 3 is 3.00 bits per heavy atom. The maximum Gasteiger partial charge on any atom is 0.0992 e. The van der Waals surface area contributed by atoms with Gasteiger partial charge < -0.3 is 10.6 Å². The number of anilines is 1. The highest BCUT2D eigenvalue weighted by atomic mass is 79.9. The maximum absolute atomic E-state index is 8.83. The van der Waals surface area contributed by atoms with Crippen LogP contribution in [0.15, 0.2) is 22.7 Å². The predicted octanol–water partition coefficient (Wildman–Crippen LogP) is 3.12. The lowest BCUT2D eigenvalue weighted by Gasteiger charge is -2.34. The van der Waals surface area contributed by atoms with Crippen molar-refractivity contribution in [1.29, 1.82) is 5.26 Å². The number of benzene rings is 1. The second kappa shape index (κ2) is 5.73. The average Bonchev–Trinajstić information content (AvgIpc) is 2.38. The molecule has 3 nitrogen and oxygen atoms in total. The zero-order chi connectivity index (χ0) is 13.0. The van der Waals surface area contributed by atoms with Gasteiger partial charge in [0.2, 0.25) is 0 Å². The molecule has 1 atom stereocenters. The molecule has 0 radical (unpaired) electrons. The van der Waals surface area contributed by atoms with E-state index >= 15 is 0 Å². The van der Waals surface area contributed by atoms with Gasteiger partial charge in [0.15, 0.2) is 0 Å². The molecule has 0 saturated carbocycles. The summed E-state index contributed by atoms with van der Waals surface area (Å²) < 4.78 is 0.953. The van der Waals surface area contributed by atoms with Gasteiger partial charge in [0.25, 0.3) is 0 Å². The Balaban J connectivity index is 2.00. The molecule has 2 rings (SSSR count). The maximum atomic E-state index is 8.83. The lowest BCUT2D eigenvalue weighted by molar-refractivity contribution is 0.253. The van der Waals surface area contributed by atoms with Crippen molar-refractivity contribution in [3.8, 4) is 6.07 Å². The van der Waals surface area contributed by atoms with Gasteiger partial charge in [0.05, 0.1) is 11.6 Å². The number of hydrogen-bond donors (Lipinski definition) is 2. The molecule has 0 amide bonds. The van der Waals surface area contributed by atoms with E-state index in [1.165, 1.54) is 12.8 Å². The van der Waals surface area contributed by atoms with Crippen molar-refractivity contribution in [2.75, 3.05) is 25.0 Å². The van der Waals surface area contributed by atoms with E-state index in [9.17, 15) is 0 Å². The Kier molecular flexibility index (Phi) is 4.26. The van der Waals surface area contributed by atoms with Crippen LogP contribution in [-0.4, -0.2) is 19.6 Å². The molecule has 2 N–H and O–H groups in total. The van der Waals surface area contributed by atoms with E-state index in [-0.39, 0.29) is 0 Å². The van der Waals surface area contributed by atoms with Crippen molar-refractivity contribution in [3.63, 3.8) is 0 Å². The second-order valence-electron chi connectivity index (χ2n) is 5.25. The van der Waals surface area contributed by atoms with Crippen molar-refractivity contribution >= 4 is 21.6 Å². The Labute approximate surface area is 117 Å². The normalized spacial score (nSPS) is 23.4.